The molecule has 0 amide bonds. The molecule has 6 atom stereocenters. The number of unbranched alkanes of at least 4 members (excludes halogenated alkanes) is 28. The zero-order valence-electron chi connectivity index (χ0n) is 42.3. The van der Waals surface area contributed by atoms with Crippen LogP contribution in [0, 0.1) is 0 Å². The highest BCUT2D eigenvalue weighted by atomic mass is 32.2. The summed E-state index contributed by atoms with van der Waals surface area (Å²) in [4.78, 5) is 25.6. The minimum Gasteiger partial charge on any atom is -0.462 e. The SMILES string of the molecule is CCCCCCC/C=C\C/C=C\CCCCCCCCCCCCCC(=O)OC(COC(=O)CCCCCCC/C=C\CCCCCCCCC)COC1OC(CS(=O)(=O)O)C(O)C(O)C1O. The van der Waals surface area contributed by atoms with Gasteiger partial charge in [-0.1, -0.05) is 192 Å². The Morgan fingerprint density at radius 1 is 0.507 bits per heavy atom. The normalized spacial score (nSPS) is 19.5. The lowest BCUT2D eigenvalue weighted by Gasteiger charge is -2.40. The molecule has 67 heavy (non-hydrogen) atoms. The number of allylic oxidation sites excluding steroid dienone is 6. The zero-order chi connectivity index (χ0) is 49.1. The second-order valence-electron chi connectivity index (χ2n) is 18.9. The van der Waals surface area contributed by atoms with E-state index in [9.17, 15) is 37.9 Å². The summed E-state index contributed by atoms with van der Waals surface area (Å²) in [6.07, 6.45) is 43.2. The van der Waals surface area contributed by atoms with E-state index in [0.717, 1.165) is 70.6 Å². The van der Waals surface area contributed by atoms with Crippen molar-refractivity contribution in [1.82, 2.24) is 0 Å². The second kappa shape index (κ2) is 43.9. The van der Waals surface area contributed by atoms with Gasteiger partial charge in [-0.25, -0.2) is 0 Å². The van der Waals surface area contributed by atoms with Gasteiger partial charge in [-0.2, -0.15) is 8.42 Å². The molecule has 0 aromatic rings. The van der Waals surface area contributed by atoms with Gasteiger partial charge in [0.2, 0.25) is 0 Å². The van der Waals surface area contributed by atoms with Gasteiger partial charge < -0.3 is 34.3 Å². The fraction of sp³-hybridized carbons (Fsp3) is 0.852. The first kappa shape index (κ1) is 62.9. The summed E-state index contributed by atoms with van der Waals surface area (Å²) in [6.45, 7) is 3.77. The first-order valence-corrected chi connectivity index (χ1v) is 28.7. The molecule has 12 nitrogen and oxygen atoms in total. The van der Waals surface area contributed by atoms with Gasteiger partial charge in [-0.3, -0.25) is 14.1 Å². The number of carbonyl (C=O) groups is 2. The van der Waals surface area contributed by atoms with Crippen LogP contribution in [0.1, 0.15) is 239 Å². The van der Waals surface area contributed by atoms with Gasteiger partial charge in [-0.05, 0) is 70.6 Å². The predicted molar refractivity (Wildman–Crippen MR) is 270 cm³/mol. The van der Waals surface area contributed by atoms with Crippen molar-refractivity contribution in [2.24, 2.45) is 0 Å². The molecule has 0 radical (unpaired) electrons. The van der Waals surface area contributed by atoms with E-state index in [4.69, 9.17) is 18.9 Å². The van der Waals surface area contributed by atoms with E-state index in [1.54, 1.807) is 0 Å². The van der Waals surface area contributed by atoms with Crippen LogP contribution in [-0.4, -0.2) is 96.0 Å². The summed E-state index contributed by atoms with van der Waals surface area (Å²) in [5.74, 6) is -1.99. The Kier molecular flexibility index (Phi) is 41.2. The van der Waals surface area contributed by atoms with Crippen LogP contribution in [0.4, 0.5) is 0 Å². The van der Waals surface area contributed by atoms with E-state index in [2.05, 4.69) is 50.3 Å². The molecule has 1 fully saturated rings. The van der Waals surface area contributed by atoms with E-state index in [0.29, 0.717) is 12.8 Å². The number of hydrogen-bond acceptors (Lipinski definition) is 11. The lowest BCUT2D eigenvalue weighted by Crippen LogP contribution is -2.60. The van der Waals surface area contributed by atoms with E-state index in [1.165, 1.54) is 128 Å². The van der Waals surface area contributed by atoms with Crippen molar-refractivity contribution < 1.29 is 56.8 Å². The predicted octanol–water partition coefficient (Wildman–Crippen LogP) is 12.5. The Balaban J connectivity index is 2.34. The van der Waals surface area contributed by atoms with Crippen molar-refractivity contribution in [3.8, 4) is 0 Å². The quantitative estimate of drug-likeness (QED) is 0.0196. The maximum atomic E-state index is 12.9. The molecule has 0 spiro atoms. The minimum absolute atomic E-state index is 0.161. The van der Waals surface area contributed by atoms with Crippen molar-refractivity contribution in [3.63, 3.8) is 0 Å². The molecular formula is C54H98O12S. The van der Waals surface area contributed by atoms with Gasteiger partial charge in [0.15, 0.2) is 12.4 Å². The van der Waals surface area contributed by atoms with Crippen molar-refractivity contribution in [2.45, 2.75) is 275 Å². The third kappa shape index (κ3) is 38.3. The number of ether oxygens (including phenoxy) is 4. The molecule has 0 aromatic heterocycles. The van der Waals surface area contributed by atoms with Crippen LogP contribution >= 0.6 is 0 Å². The Hall–Kier alpha value is -2.13. The zero-order valence-corrected chi connectivity index (χ0v) is 43.1. The smallest absolute Gasteiger partial charge is 0.306 e. The lowest BCUT2D eigenvalue weighted by atomic mass is 10.00. The maximum Gasteiger partial charge on any atom is 0.306 e. The number of esters is 2. The molecule has 13 heteroatoms. The highest BCUT2D eigenvalue weighted by Crippen LogP contribution is 2.24. The molecule has 1 saturated heterocycles. The molecule has 1 heterocycles. The third-order valence-electron chi connectivity index (χ3n) is 12.4. The van der Waals surface area contributed by atoms with E-state index < -0.39 is 71.2 Å². The van der Waals surface area contributed by atoms with Crippen LogP contribution in [-0.2, 0) is 38.7 Å². The van der Waals surface area contributed by atoms with Crippen LogP contribution in [0.15, 0.2) is 36.5 Å². The number of rotatable bonds is 46. The van der Waals surface area contributed by atoms with Crippen LogP contribution < -0.4 is 0 Å². The van der Waals surface area contributed by atoms with Crippen LogP contribution in [0.5, 0.6) is 0 Å². The molecular weight excluding hydrogens is 873 g/mol. The first-order valence-electron chi connectivity index (χ1n) is 27.0. The molecule has 1 aliphatic heterocycles. The molecule has 1 aliphatic rings. The standard InChI is InChI=1S/C54H98O12S/c1-3-5-7-9-11-13-15-17-19-21-22-23-24-25-26-27-29-31-33-35-37-39-41-43-50(56)65-47(45-64-54-53(59)52(58)51(57)48(66-54)46-67(60,61)62)44-63-49(55)42-40-38-36-34-32-30-28-20-18-16-14-12-10-8-6-4-2/h15,17,20-22,28,47-48,51-54,57-59H,3-14,16,18-19,23-27,29-46H2,1-2H3,(H,60,61,62)/b17-15-,22-21-,28-20-. The summed E-state index contributed by atoms with van der Waals surface area (Å²) in [7, 11) is -4.61. The fourth-order valence-corrected chi connectivity index (χ4v) is 8.92. The molecule has 1 rings (SSSR count). The van der Waals surface area contributed by atoms with E-state index in [1.807, 2.05) is 0 Å². The average molecular weight is 971 g/mol. The largest absolute Gasteiger partial charge is 0.462 e. The lowest BCUT2D eigenvalue weighted by molar-refractivity contribution is -0.297. The topological polar surface area (TPSA) is 186 Å². The average Bonchev–Trinajstić information content (AvgIpc) is 3.30. The van der Waals surface area contributed by atoms with Gasteiger partial charge in [0.05, 0.1) is 6.61 Å². The monoisotopic (exact) mass is 971 g/mol. The van der Waals surface area contributed by atoms with Crippen molar-refractivity contribution in [3.05, 3.63) is 36.5 Å². The van der Waals surface area contributed by atoms with Crippen LogP contribution in [0.2, 0.25) is 0 Å². The summed E-state index contributed by atoms with van der Waals surface area (Å²) in [6, 6.07) is 0. The van der Waals surface area contributed by atoms with Crippen LogP contribution in [0.3, 0.4) is 0 Å². The minimum atomic E-state index is -4.61. The van der Waals surface area contributed by atoms with E-state index >= 15 is 0 Å². The number of carbonyl (C=O) groups excluding carboxylic acids is 2. The fourth-order valence-electron chi connectivity index (χ4n) is 8.23. The highest BCUT2D eigenvalue weighted by molar-refractivity contribution is 7.85. The number of aliphatic hydroxyl groups is 3. The Bertz CT molecular complexity index is 1370. The Morgan fingerprint density at radius 2 is 0.896 bits per heavy atom. The van der Waals surface area contributed by atoms with Crippen molar-refractivity contribution in [1.29, 1.82) is 0 Å². The Morgan fingerprint density at radius 3 is 1.33 bits per heavy atom. The van der Waals surface area contributed by atoms with Crippen LogP contribution in [0.25, 0.3) is 0 Å². The van der Waals surface area contributed by atoms with Crippen molar-refractivity contribution in [2.75, 3.05) is 19.0 Å². The van der Waals surface area contributed by atoms with Gasteiger partial charge in [0.1, 0.15) is 36.8 Å². The summed E-state index contributed by atoms with van der Waals surface area (Å²) in [5.41, 5.74) is 0. The summed E-state index contributed by atoms with van der Waals surface area (Å²) >= 11 is 0. The third-order valence-corrected chi connectivity index (χ3v) is 13.2. The molecule has 0 bridgehead atoms. The molecule has 0 saturated carbocycles. The maximum absolute atomic E-state index is 12.9. The molecule has 4 N–H and O–H groups in total. The highest BCUT2D eigenvalue weighted by Gasteiger charge is 2.46. The second-order valence-corrected chi connectivity index (χ2v) is 20.4. The Labute approximate surface area is 408 Å². The number of aliphatic hydroxyl groups excluding tert-OH is 3. The van der Waals surface area contributed by atoms with Gasteiger partial charge in [0.25, 0.3) is 10.1 Å². The van der Waals surface area contributed by atoms with Gasteiger partial charge >= 0.3 is 11.9 Å². The molecule has 0 aliphatic carbocycles. The summed E-state index contributed by atoms with van der Waals surface area (Å²) < 4.78 is 54.3. The number of hydrogen-bond donors (Lipinski definition) is 4. The van der Waals surface area contributed by atoms with Gasteiger partial charge in [0, 0.05) is 12.8 Å². The molecule has 6 unspecified atom stereocenters. The van der Waals surface area contributed by atoms with Gasteiger partial charge in [-0.15, -0.1) is 0 Å². The molecule has 392 valence electrons. The van der Waals surface area contributed by atoms with E-state index in [-0.39, 0.29) is 19.4 Å². The summed E-state index contributed by atoms with van der Waals surface area (Å²) in [5, 5.41) is 31.0. The van der Waals surface area contributed by atoms with Crippen molar-refractivity contribution >= 4 is 22.1 Å². The molecule has 0 aromatic carbocycles. The first-order chi connectivity index (χ1) is 32.5.